The number of hydrogen-bond acceptors (Lipinski definition) is 4. The summed E-state index contributed by atoms with van der Waals surface area (Å²) < 4.78 is 9.75. The molecule has 0 aromatic rings. The van der Waals surface area contributed by atoms with E-state index in [2.05, 4.69) is 25.3 Å². The van der Waals surface area contributed by atoms with Gasteiger partial charge in [0.2, 0.25) is 0 Å². The van der Waals surface area contributed by atoms with Gasteiger partial charge in [0.05, 0.1) is 11.9 Å². The molecule has 0 aliphatic rings. The quantitative estimate of drug-likeness (QED) is 0.467. The van der Waals surface area contributed by atoms with Gasteiger partial charge in [-0.1, -0.05) is 0 Å². The van der Waals surface area contributed by atoms with E-state index in [1.54, 1.807) is 6.92 Å². The SMILES string of the molecule is CC(OCS)OCS. The minimum absolute atomic E-state index is 0.190. The van der Waals surface area contributed by atoms with Crippen LogP contribution in [0.5, 0.6) is 0 Å². The maximum Gasteiger partial charge on any atom is 0.157 e. The van der Waals surface area contributed by atoms with Crippen LogP contribution in [-0.2, 0) is 9.47 Å². The van der Waals surface area contributed by atoms with Crippen molar-refractivity contribution in [2.45, 2.75) is 13.2 Å². The van der Waals surface area contributed by atoms with Crippen LogP contribution in [0.15, 0.2) is 0 Å². The summed E-state index contributed by atoms with van der Waals surface area (Å²) in [6.45, 7) is 1.80. The van der Waals surface area contributed by atoms with Crippen LogP contribution >= 0.6 is 25.3 Å². The molecule has 0 atom stereocenters. The zero-order valence-electron chi connectivity index (χ0n) is 4.70. The highest BCUT2D eigenvalue weighted by Crippen LogP contribution is 1.94. The van der Waals surface area contributed by atoms with Gasteiger partial charge in [-0.2, -0.15) is 25.3 Å². The molecule has 0 aliphatic carbocycles. The Morgan fingerprint density at radius 3 is 1.88 bits per heavy atom. The summed E-state index contributed by atoms with van der Waals surface area (Å²) in [4.78, 5) is 0. The Balaban J connectivity index is 2.92. The second-order valence-corrected chi connectivity index (χ2v) is 1.68. The monoisotopic (exact) mass is 154 g/mol. The Kier molecular flexibility index (Phi) is 6.20. The molecular formula is C4H10O2S2. The van der Waals surface area contributed by atoms with E-state index in [0.29, 0.717) is 11.9 Å². The van der Waals surface area contributed by atoms with Crippen LogP contribution in [0, 0.1) is 0 Å². The van der Waals surface area contributed by atoms with Crippen LogP contribution in [0.25, 0.3) is 0 Å². The lowest BCUT2D eigenvalue weighted by atomic mass is 10.8. The van der Waals surface area contributed by atoms with Gasteiger partial charge in [0.15, 0.2) is 6.29 Å². The van der Waals surface area contributed by atoms with E-state index < -0.39 is 0 Å². The summed E-state index contributed by atoms with van der Waals surface area (Å²) in [6, 6.07) is 0. The predicted molar refractivity (Wildman–Crippen MR) is 39.3 cm³/mol. The summed E-state index contributed by atoms with van der Waals surface area (Å²) in [7, 11) is 0. The molecule has 0 bridgehead atoms. The minimum atomic E-state index is -0.190. The maximum absolute atomic E-state index is 4.88. The van der Waals surface area contributed by atoms with E-state index in [0.717, 1.165) is 0 Å². The van der Waals surface area contributed by atoms with Crippen LogP contribution in [0.2, 0.25) is 0 Å². The third-order valence-corrected chi connectivity index (χ3v) is 0.917. The second kappa shape index (κ2) is 5.75. The zero-order chi connectivity index (χ0) is 6.41. The largest absolute Gasteiger partial charge is 0.343 e. The molecule has 50 valence electrons. The average molecular weight is 154 g/mol. The molecule has 0 saturated carbocycles. The molecule has 2 nitrogen and oxygen atoms in total. The summed E-state index contributed by atoms with van der Waals surface area (Å²) in [6.07, 6.45) is -0.190. The highest BCUT2D eigenvalue weighted by Gasteiger charge is 1.95. The van der Waals surface area contributed by atoms with Crippen molar-refractivity contribution in [2.75, 3.05) is 11.9 Å². The maximum atomic E-state index is 4.88. The Bertz CT molecular complexity index is 45.3. The highest BCUT2D eigenvalue weighted by molar-refractivity contribution is 7.80. The highest BCUT2D eigenvalue weighted by atomic mass is 32.1. The molecule has 0 fully saturated rings. The van der Waals surface area contributed by atoms with Crippen molar-refractivity contribution in [3.63, 3.8) is 0 Å². The molecule has 0 aliphatic heterocycles. The first-order chi connectivity index (χ1) is 3.81. The average Bonchev–Trinajstić information content (AvgIpc) is 1.68. The van der Waals surface area contributed by atoms with E-state index in [4.69, 9.17) is 9.47 Å². The van der Waals surface area contributed by atoms with E-state index in [1.165, 1.54) is 0 Å². The van der Waals surface area contributed by atoms with E-state index in [-0.39, 0.29) is 6.29 Å². The molecule has 0 spiro atoms. The van der Waals surface area contributed by atoms with Crippen molar-refractivity contribution < 1.29 is 9.47 Å². The summed E-state index contributed by atoms with van der Waals surface area (Å²) >= 11 is 7.65. The van der Waals surface area contributed by atoms with Gasteiger partial charge in [0.25, 0.3) is 0 Å². The normalized spacial score (nSPS) is 10.5. The van der Waals surface area contributed by atoms with Crippen molar-refractivity contribution in [3.8, 4) is 0 Å². The summed E-state index contributed by atoms with van der Waals surface area (Å²) in [5.74, 6) is 0.768. The Morgan fingerprint density at radius 2 is 1.62 bits per heavy atom. The van der Waals surface area contributed by atoms with Gasteiger partial charge in [-0.25, -0.2) is 0 Å². The topological polar surface area (TPSA) is 18.5 Å². The molecule has 0 amide bonds. The lowest BCUT2D eigenvalue weighted by Gasteiger charge is -2.08. The molecule has 0 aromatic carbocycles. The fourth-order valence-electron chi connectivity index (χ4n) is 0.258. The van der Waals surface area contributed by atoms with Crippen LogP contribution in [0.1, 0.15) is 6.92 Å². The van der Waals surface area contributed by atoms with Gasteiger partial charge in [-0.3, -0.25) is 0 Å². The first kappa shape index (κ1) is 8.62. The van der Waals surface area contributed by atoms with E-state index >= 15 is 0 Å². The molecule has 0 unspecified atom stereocenters. The van der Waals surface area contributed by atoms with Gasteiger partial charge in [0, 0.05) is 0 Å². The molecule has 8 heavy (non-hydrogen) atoms. The fraction of sp³-hybridized carbons (Fsp3) is 1.00. The van der Waals surface area contributed by atoms with Crippen molar-refractivity contribution in [1.82, 2.24) is 0 Å². The number of thiol groups is 2. The first-order valence-electron chi connectivity index (χ1n) is 2.26. The van der Waals surface area contributed by atoms with E-state index in [1.807, 2.05) is 0 Å². The van der Waals surface area contributed by atoms with Gasteiger partial charge in [0.1, 0.15) is 0 Å². The number of ether oxygens (including phenoxy) is 2. The van der Waals surface area contributed by atoms with Gasteiger partial charge < -0.3 is 9.47 Å². The van der Waals surface area contributed by atoms with Crippen molar-refractivity contribution >= 4 is 25.3 Å². The second-order valence-electron chi connectivity index (χ2n) is 1.16. The van der Waals surface area contributed by atoms with E-state index in [9.17, 15) is 0 Å². The van der Waals surface area contributed by atoms with Crippen LogP contribution in [-0.4, -0.2) is 18.2 Å². The van der Waals surface area contributed by atoms with Gasteiger partial charge >= 0.3 is 0 Å². The molecule has 0 N–H and O–H groups in total. The smallest absolute Gasteiger partial charge is 0.157 e. The number of rotatable bonds is 4. The van der Waals surface area contributed by atoms with Gasteiger partial charge in [-0.05, 0) is 6.92 Å². The Labute approximate surface area is 60.4 Å². The van der Waals surface area contributed by atoms with Gasteiger partial charge in [-0.15, -0.1) is 0 Å². The molecular weight excluding hydrogens is 144 g/mol. The fourth-order valence-corrected chi connectivity index (χ4v) is 0.678. The Morgan fingerprint density at radius 1 is 1.25 bits per heavy atom. The molecule has 4 heteroatoms. The van der Waals surface area contributed by atoms with Crippen LogP contribution in [0.4, 0.5) is 0 Å². The summed E-state index contributed by atoms with van der Waals surface area (Å²) in [5.41, 5.74) is 0. The third kappa shape index (κ3) is 4.77. The zero-order valence-corrected chi connectivity index (χ0v) is 6.49. The molecule has 0 heterocycles. The van der Waals surface area contributed by atoms with Crippen LogP contribution in [0.3, 0.4) is 0 Å². The molecule has 0 radical (unpaired) electrons. The van der Waals surface area contributed by atoms with Crippen LogP contribution < -0.4 is 0 Å². The van der Waals surface area contributed by atoms with Crippen molar-refractivity contribution in [2.24, 2.45) is 0 Å². The molecule has 0 saturated heterocycles. The lowest BCUT2D eigenvalue weighted by Crippen LogP contribution is -2.10. The summed E-state index contributed by atoms with van der Waals surface area (Å²) in [5, 5.41) is 0. The first-order valence-corrected chi connectivity index (χ1v) is 3.52. The molecule has 0 aromatic heterocycles. The predicted octanol–water partition coefficient (Wildman–Crippen LogP) is 1.14. The minimum Gasteiger partial charge on any atom is -0.343 e. The number of hydrogen-bond donors (Lipinski definition) is 2. The lowest BCUT2D eigenvalue weighted by molar-refractivity contribution is -0.0988. The standard InChI is InChI=1S/C4H10O2S2/c1-4(5-2-7)6-3-8/h4,7-8H,2-3H2,1H3. The molecule has 0 rings (SSSR count). The van der Waals surface area contributed by atoms with Crippen molar-refractivity contribution in [1.29, 1.82) is 0 Å². The Hall–Kier alpha value is 0.620. The van der Waals surface area contributed by atoms with Crippen molar-refractivity contribution in [3.05, 3.63) is 0 Å². The third-order valence-electron chi connectivity index (χ3n) is 0.618.